The highest BCUT2D eigenvalue weighted by Gasteiger charge is 2.31. The Balaban J connectivity index is 1.70. The molecule has 1 aromatic rings. The van der Waals surface area contributed by atoms with Crippen molar-refractivity contribution in [3.8, 4) is 0 Å². The van der Waals surface area contributed by atoms with Crippen LogP contribution in [0.3, 0.4) is 0 Å². The van der Waals surface area contributed by atoms with Crippen molar-refractivity contribution < 1.29 is 4.79 Å². The molecule has 0 unspecified atom stereocenters. The number of hydrogen-bond acceptors (Lipinski definition) is 2. The third-order valence-electron chi connectivity index (χ3n) is 4.94. The van der Waals surface area contributed by atoms with E-state index in [0.717, 1.165) is 43.0 Å². The van der Waals surface area contributed by atoms with Gasteiger partial charge < -0.3 is 11.1 Å². The maximum Gasteiger partial charge on any atom is 0.225 e. The van der Waals surface area contributed by atoms with E-state index in [0.29, 0.717) is 0 Å². The molecule has 0 heterocycles. The molecule has 1 fully saturated rings. The van der Waals surface area contributed by atoms with Crippen LogP contribution in [-0.4, -0.2) is 11.9 Å². The Labute approximate surface area is 134 Å². The minimum Gasteiger partial charge on any atom is -0.349 e. The summed E-state index contributed by atoms with van der Waals surface area (Å²) in [5.41, 5.74) is 8.81. The Kier molecular flexibility index (Phi) is 4.65. The summed E-state index contributed by atoms with van der Waals surface area (Å²) < 4.78 is 1.16. The van der Waals surface area contributed by atoms with Crippen molar-refractivity contribution in [3.05, 3.63) is 33.8 Å². The molecule has 0 aromatic heterocycles. The normalized spacial score (nSPS) is 28.8. The largest absolute Gasteiger partial charge is 0.349 e. The minimum atomic E-state index is -0.0105. The highest BCUT2D eigenvalue weighted by molar-refractivity contribution is 9.10. The van der Waals surface area contributed by atoms with Gasteiger partial charge in [-0.3, -0.25) is 4.79 Å². The highest BCUT2D eigenvalue weighted by atomic mass is 79.9. The number of amides is 1. The molecule has 0 radical (unpaired) electrons. The molecule has 3 nitrogen and oxygen atoms in total. The second kappa shape index (κ2) is 6.49. The molecule has 21 heavy (non-hydrogen) atoms. The van der Waals surface area contributed by atoms with E-state index in [9.17, 15) is 4.79 Å². The Morgan fingerprint density at radius 2 is 2.00 bits per heavy atom. The fourth-order valence-corrected chi connectivity index (χ4v) is 4.28. The van der Waals surface area contributed by atoms with E-state index >= 15 is 0 Å². The van der Waals surface area contributed by atoms with E-state index < -0.39 is 0 Å². The first-order valence-electron chi connectivity index (χ1n) is 8.00. The molecule has 2 aliphatic rings. The second-order valence-corrected chi connectivity index (χ2v) is 7.17. The zero-order chi connectivity index (χ0) is 14.8. The molecule has 114 valence electrons. The van der Waals surface area contributed by atoms with Crippen LogP contribution in [0.2, 0.25) is 0 Å². The topological polar surface area (TPSA) is 55.1 Å². The Hall–Kier alpha value is -0.870. The van der Waals surface area contributed by atoms with Crippen molar-refractivity contribution in [1.29, 1.82) is 0 Å². The Morgan fingerprint density at radius 1 is 1.19 bits per heavy atom. The summed E-state index contributed by atoms with van der Waals surface area (Å²) in [4.78, 5) is 12.6. The summed E-state index contributed by atoms with van der Waals surface area (Å²) in [6.07, 6.45) is 7.42. The van der Waals surface area contributed by atoms with Crippen LogP contribution in [0, 0.1) is 5.92 Å². The lowest BCUT2D eigenvalue weighted by Gasteiger charge is -2.23. The monoisotopic (exact) mass is 350 g/mol. The van der Waals surface area contributed by atoms with Gasteiger partial charge in [0.25, 0.3) is 0 Å². The highest BCUT2D eigenvalue weighted by Crippen LogP contribution is 2.36. The summed E-state index contributed by atoms with van der Waals surface area (Å²) in [5.74, 6) is 0.144. The number of hydrogen-bond donors (Lipinski definition) is 2. The van der Waals surface area contributed by atoms with Gasteiger partial charge in [0, 0.05) is 10.5 Å². The van der Waals surface area contributed by atoms with Gasteiger partial charge in [-0.2, -0.15) is 0 Å². The summed E-state index contributed by atoms with van der Waals surface area (Å²) in [6, 6.07) is 6.43. The molecular weight excluding hydrogens is 328 g/mol. The van der Waals surface area contributed by atoms with Gasteiger partial charge in [0.05, 0.1) is 12.0 Å². The fraction of sp³-hybridized carbons (Fsp3) is 0.588. The third kappa shape index (κ3) is 3.16. The molecule has 2 aliphatic carbocycles. The number of nitrogens with one attached hydrogen (secondary N) is 1. The molecule has 0 saturated heterocycles. The maximum absolute atomic E-state index is 12.6. The number of carbonyl (C=O) groups excluding carboxylic acids is 1. The number of rotatable bonds is 2. The second-order valence-electron chi connectivity index (χ2n) is 6.32. The van der Waals surface area contributed by atoms with Crippen molar-refractivity contribution in [3.63, 3.8) is 0 Å². The van der Waals surface area contributed by atoms with Crippen molar-refractivity contribution in [2.24, 2.45) is 11.7 Å². The van der Waals surface area contributed by atoms with Crippen LogP contribution < -0.4 is 11.1 Å². The zero-order valence-corrected chi connectivity index (χ0v) is 13.9. The van der Waals surface area contributed by atoms with E-state index in [1.54, 1.807) is 0 Å². The van der Waals surface area contributed by atoms with E-state index in [-0.39, 0.29) is 23.9 Å². The summed E-state index contributed by atoms with van der Waals surface area (Å²) >= 11 is 3.60. The van der Waals surface area contributed by atoms with Gasteiger partial charge in [0.1, 0.15) is 0 Å². The van der Waals surface area contributed by atoms with Crippen LogP contribution in [0.1, 0.15) is 55.7 Å². The van der Waals surface area contributed by atoms with E-state index in [1.807, 2.05) is 6.07 Å². The maximum atomic E-state index is 12.6. The first-order chi connectivity index (χ1) is 10.2. The molecule has 1 aromatic carbocycles. The van der Waals surface area contributed by atoms with Crippen molar-refractivity contribution in [1.82, 2.24) is 5.32 Å². The third-order valence-corrected chi connectivity index (χ3v) is 5.68. The van der Waals surface area contributed by atoms with Gasteiger partial charge >= 0.3 is 0 Å². The molecule has 0 aliphatic heterocycles. The smallest absolute Gasteiger partial charge is 0.225 e. The summed E-state index contributed by atoms with van der Waals surface area (Å²) in [6.45, 7) is 0. The van der Waals surface area contributed by atoms with Crippen LogP contribution in [0.4, 0.5) is 0 Å². The molecule has 0 spiro atoms. The van der Waals surface area contributed by atoms with Gasteiger partial charge in [0.2, 0.25) is 5.91 Å². The number of fused-ring (bicyclic) bond motifs is 1. The van der Waals surface area contributed by atoms with Crippen LogP contribution in [0.15, 0.2) is 22.7 Å². The average Bonchev–Trinajstić information content (AvgIpc) is 2.74. The van der Waals surface area contributed by atoms with E-state index in [2.05, 4.69) is 33.4 Å². The molecule has 1 saturated carbocycles. The fourth-order valence-electron chi connectivity index (χ4n) is 3.70. The first kappa shape index (κ1) is 15.0. The quantitative estimate of drug-likeness (QED) is 0.802. The average molecular weight is 351 g/mol. The number of nitrogens with two attached hydrogens (primary N) is 1. The predicted octanol–water partition coefficient (Wildman–Crippen LogP) is 3.46. The predicted molar refractivity (Wildman–Crippen MR) is 87.9 cm³/mol. The van der Waals surface area contributed by atoms with Crippen molar-refractivity contribution in [2.45, 2.75) is 57.0 Å². The van der Waals surface area contributed by atoms with Gasteiger partial charge in [0.15, 0.2) is 0 Å². The lowest BCUT2D eigenvalue weighted by Crippen LogP contribution is -2.42. The van der Waals surface area contributed by atoms with Crippen LogP contribution >= 0.6 is 15.9 Å². The molecule has 3 rings (SSSR count). The Morgan fingerprint density at radius 3 is 2.86 bits per heavy atom. The van der Waals surface area contributed by atoms with Gasteiger partial charge in [-0.1, -0.05) is 47.3 Å². The van der Waals surface area contributed by atoms with Gasteiger partial charge in [-0.05, 0) is 42.9 Å². The minimum absolute atomic E-state index is 0.0105. The molecular formula is C17H23BrN2O. The van der Waals surface area contributed by atoms with E-state index in [4.69, 9.17) is 5.73 Å². The van der Waals surface area contributed by atoms with Crippen LogP contribution in [0.5, 0.6) is 0 Å². The van der Waals surface area contributed by atoms with Crippen LogP contribution in [0.25, 0.3) is 0 Å². The van der Waals surface area contributed by atoms with Crippen LogP contribution in [-0.2, 0) is 11.2 Å². The zero-order valence-electron chi connectivity index (χ0n) is 12.3. The summed E-state index contributed by atoms with van der Waals surface area (Å²) in [7, 11) is 0. The SMILES string of the molecule is N[C@@H]1CCCCC[C@H]1C(=O)N[C@@H]1CCc2c(Br)cccc21. The Bertz CT molecular complexity index is 532. The molecule has 4 heteroatoms. The van der Waals surface area contributed by atoms with Crippen molar-refractivity contribution >= 4 is 21.8 Å². The number of benzene rings is 1. The van der Waals surface area contributed by atoms with Gasteiger partial charge in [-0.25, -0.2) is 0 Å². The standard InChI is InChI=1S/C17H23BrN2O/c18-14-7-4-6-12-11(14)9-10-16(12)20-17(21)13-5-2-1-3-8-15(13)19/h4,6-7,13,15-16H,1-3,5,8-10,19H2,(H,20,21)/t13-,15-,16-/m1/s1. The molecule has 3 atom stereocenters. The lowest BCUT2D eigenvalue weighted by atomic mass is 9.94. The van der Waals surface area contributed by atoms with Gasteiger partial charge in [-0.15, -0.1) is 0 Å². The molecule has 0 bridgehead atoms. The first-order valence-corrected chi connectivity index (χ1v) is 8.79. The number of halogens is 1. The molecule has 1 amide bonds. The molecule has 3 N–H and O–H groups in total. The van der Waals surface area contributed by atoms with E-state index in [1.165, 1.54) is 17.5 Å². The summed E-state index contributed by atoms with van der Waals surface area (Å²) in [5, 5.41) is 3.25. The lowest BCUT2D eigenvalue weighted by molar-refractivity contribution is -0.126. The van der Waals surface area contributed by atoms with Crippen molar-refractivity contribution in [2.75, 3.05) is 0 Å². The number of carbonyl (C=O) groups is 1.